The molecular weight excluding hydrogens is 176 g/mol. The number of nitrogens with zero attached hydrogens (tertiary/aromatic N) is 2. The van der Waals surface area contributed by atoms with Gasteiger partial charge in [0.05, 0.1) is 15.1 Å². The molecular formula is C7H4N2O2S. The average Bonchev–Trinajstić information content (AvgIpc) is 2.49. The minimum atomic E-state index is -0.415. The second-order valence-corrected chi connectivity index (χ2v) is 3.12. The monoisotopic (exact) mass is 180 g/mol. The van der Waals surface area contributed by atoms with Crippen LogP contribution in [-0.2, 0) is 0 Å². The Bertz CT molecular complexity index is 438. The zero-order chi connectivity index (χ0) is 8.55. The first-order chi connectivity index (χ1) is 5.79. The summed E-state index contributed by atoms with van der Waals surface area (Å²) in [4.78, 5) is 14.0. The molecule has 2 rings (SSSR count). The lowest BCUT2D eigenvalue weighted by molar-refractivity contribution is -0.383. The fourth-order valence-electron chi connectivity index (χ4n) is 1.02. The van der Waals surface area contributed by atoms with Gasteiger partial charge in [0.25, 0.3) is 5.69 Å². The van der Waals surface area contributed by atoms with E-state index in [1.54, 1.807) is 11.6 Å². The summed E-state index contributed by atoms with van der Waals surface area (Å²) in [6.45, 7) is 0. The maximum atomic E-state index is 10.5. The molecule has 2 aromatic rings. The Morgan fingerprint density at radius 3 is 3.08 bits per heavy atom. The fourth-order valence-corrected chi connectivity index (χ4v) is 1.72. The van der Waals surface area contributed by atoms with Gasteiger partial charge in [-0.2, -0.15) is 0 Å². The summed E-state index contributed by atoms with van der Waals surface area (Å²) >= 11 is 1.40. The molecule has 0 spiro atoms. The predicted octanol–water partition coefficient (Wildman–Crippen LogP) is 2.20. The number of thiazole rings is 1. The second kappa shape index (κ2) is 2.53. The van der Waals surface area contributed by atoms with Crippen molar-refractivity contribution in [1.29, 1.82) is 0 Å². The van der Waals surface area contributed by atoms with Gasteiger partial charge >= 0.3 is 0 Å². The molecule has 0 saturated heterocycles. The molecule has 4 nitrogen and oxygen atoms in total. The molecule has 0 N–H and O–H groups in total. The molecule has 0 radical (unpaired) electrons. The van der Waals surface area contributed by atoms with Crippen molar-refractivity contribution in [2.45, 2.75) is 0 Å². The highest BCUT2D eigenvalue weighted by molar-refractivity contribution is 7.16. The number of aromatic nitrogens is 1. The maximum absolute atomic E-state index is 10.5. The number of hydrogen-bond donors (Lipinski definition) is 0. The van der Waals surface area contributed by atoms with Gasteiger partial charge < -0.3 is 0 Å². The topological polar surface area (TPSA) is 56.0 Å². The molecule has 0 fully saturated rings. The summed E-state index contributed by atoms with van der Waals surface area (Å²) in [5, 5.41) is 10.5. The number of para-hydroxylation sites is 1. The van der Waals surface area contributed by atoms with Crippen LogP contribution in [0.1, 0.15) is 0 Å². The Hall–Kier alpha value is -1.49. The second-order valence-electron chi connectivity index (χ2n) is 2.23. The smallest absolute Gasteiger partial charge is 0.258 e. The molecule has 1 heterocycles. The van der Waals surface area contributed by atoms with Crippen LogP contribution in [0.15, 0.2) is 23.7 Å². The lowest BCUT2D eigenvalue weighted by Gasteiger charge is -1.90. The summed E-state index contributed by atoms with van der Waals surface area (Å²) in [6, 6.07) is 4.95. The molecule has 1 aromatic heterocycles. The third-order valence-corrected chi connectivity index (χ3v) is 2.33. The molecule has 60 valence electrons. The normalized spacial score (nSPS) is 10.3. The molecule has 0 unspecified atom stereocenters. The Kier molecular flexibility index (Phi) is 1.51. The van der Waals surface area contributed by atoms with Crippen molar-refractivity contribution >= 4 is 27.2 Å². The third kappa shape index (κ3) is 0.947. The summed E-state index contributed by atoms with van der Waals surface area (Å²) in [5.41, 5.74) is 2.17. The van der Waals surface area contributed by atoms with Crippen molar-refractivity contribution in [2.24, 2.45) is 0 Å². The van der Waals surface area contributed by atoms with Gasteiger partial charge in [-0.1, -0.05) is 6.07 Å². The van der Waals surface area contributed by atoms with Crippen LogP contribution in [0.2, 0.25) is 0 Å². The number of fused-ring (bicyclic) bond motifs is 1. The van der Waals surface area contributed by atoms with E-state index in [4.69, 9.17) is 0 Å². The van der Waals surface area contributed by atoms with Gasteiger partial charge in [0.1, 0.15) is 0 Å². The molecule has 0 amide bonds. The van der Waals surface area contributed by atoms with E-state index >= 15 is 0 Å². The molecule has 5 heteroatoms. The minimum Gasteiger partial charge on any atom is -0.258 e. The summed E-state index contributed by atoms with van der Waals surface area (Å²) in [5.74, 6) is 0. The quantitative estimate of drug-likeness (QED) is 0.499. The third-order valence-electron chi connectivity index (χ3n) is 1.54. The first kappa shape index (κ1) is 7.17. The van der Waals surface area contributed by atoms with Crippen molar-refractivity contribution in [3.8, 4) is 0 Å². The fraction of sp³-hybridized carbons (Fsp3) is 0. The van der Waals surface area contributed by atoms with Crippen LogP contribution in [0, 0.1) is 10.1 Å². The van der Waals surface area contributed by atoms with Crippen LogP contribution in [0.4, 0.5) is 5.69 Å². The molecule has 1 aromatic carbocycles. The van der Waals surface area contributed by atoms with Gasteiger partial charge in [-0.15, -0.1) is 11.3 Å². The minimum absolute atomic E-state index is 0.0775. The number of nitro groups is 1. The van der Waals surface area contributed by atoms with Gasteiger partial charge in [0.2, 0.25) is 0 Å². The van der Waals surface area contributed by atoms with Gasteiger partial charge in [-0.3, -0.25) is 10.1 Å². The Morgan fingerprint density at radius 1 is 1.50 bits per heavy atom. The lowest BCUT2D eigenvalue weighted by atomic mass is 10.3. The van der Waals surface area contributed by atoms with E-state index < -0.39 is 4.92 Å². The van der Waals surface area contributed by atoms with E-state index in [0.717, 1.165) is 4.70 Å². The SMILES string of the molecule is O=[N+]([O-])c1cccc2scnc12. The number of rotatable bonds is 1. The van der Waals surface area contributed by atoms with Crippen molar-refractivity contribution in [2.75, 3.05) is 0 Å². The molecule has 0 saturated carbocycles. The van der Waals surface area contributed by atoms with Gasteiger partial charge in [-0.05, 0) is 6.07 Å². The van der Waals surface area contributed by atoms with Crippen LogP contribution in [0.25, 0.3) is 10.2 Å². The van der Waals surface area contributed by atoms with E-state index in [2.05, 4.69) is 4.98 Å². The first-order valence-corrected chi connectivity index (χ1v) is 4.13. The van der Waals surface area contributed by atoms with Crippen LogP contribution in [0.5, 0.6) is 0 Å². The van der Waals surface area contributed by atoms with Crippen molar-refractivity contribution in [1.82, 2.24) is 4.98 Å². The van der Waals surface area contributed by atoms with E-state index in [0.29, 0.717) is 5.52 Å². The van der Waals surface area contributed by atoms with E-state index in [1.165, 1.54) is 17.4 Å². The van der Waals surface area contributed by atoms with Crippen molar-refractivity contribution in [3.05, 3.63) is 33.8 Å². The Balaban J connectivity index is 2.82. The van der Waals surface area contributed by atoms with Gasteiger partial charge in [0, 0.05) is 6.07 Å². The van der Waals surface area contributed by atoms with E-state index in [1.807, 2.05) is 6.07 Å². The molecule has 0 aliphatic carbocycles. The molecule has 0 bridgehead atoms. The zero-order valence-corrected chi connectivity index (χ0v) is 6.75. The summed E-state index contributed by atoms with van der Waals surface area (Å²) < 4.78 is 0.851. The number of benzene rings is 1. The highest BCUT2D eigenvalue weighted by Gasteiger charge is 2.12. The molecule has 0 aliphatic heterocycles. The Labute approximate surface area is 71.6 Å². The van der Waals surface area contributed by atoms with Gasteiger partial charge in [-0.25, -0.2) is 4.98 Å². The molecule has 12 heavy (non-hydrogen) atoms. The van der Waals surface area contributed by atoms with Crippen LogP contribution >= 0.6 is 11.3 Å². The van der Waals surface area contributed by atoms with Gasteiger partial charge in [0.15, 0.2) is 5.52 Å². The highest BCUT2D eigenvalue weighted by Crippen LogP contribution is 2.26. The highest BCUT2D eigenvalue weighted by atomic mass is 32.1. The summed E-state index contributed by atoms with van der Waals surface area (Å²) in [6.07, 6.45) is 0. The number of nitro benzene ring substituents is 1. The maximum Gasteiger partial charge on any atom is 0.296 e. The summed E-state index contributed by atoms with van der Waals surface area (Å²) in [7, 11) is 0. The number of hydrogen-bond acceptors (Lipinski definition) is 4. The lowest BCUT2D eigenvalue weighted by Crippen LogP contribution is -1.87. The van der Waals surface area contributed by atoms with E-state index in [9.17, 15) is 10.1 Å². The van der Waals surface area contributed by atoms with E-state index in [-0.39, 0.29) is 5.69 Å². The standard InChI is InChI=1S/C7H4N2O2S/c10-9(11)5-2-1-3-6-7(5)8-4-12-6/h1-4H. The molecule has 0 atom stereocenters. The zero-order valence-electron chi connectivity index (χ0n) is 5.93. The van der Waals surface area contributed by atoms with Crippen molar-refractivity contribution < 1.29 is 4.92 Å². The average molecular weight is 180 g/mol. The van der Waals surface area contributed by atoms with Crippen LogP contribution in [0.3, 0.4) is 0 Å². The van der Waals surface area contributed by atoms with Crippen molar-refractivity contribution in [3.63, 3.8) is 0 Å². The first-order valence-electron chi connectivity index (χ1n) is 3.25. The largest absolute Gasteiger partial charge is 0.296 e. The number of non-ortho nitro benzene ring substituents is 1. The predicted molar refractivity (Wildman–Crippen MR) is 46.3 cm³/mol. The molecule has 0 aliphatic rings. The van der Waals surface area contributed by atoms with Crippen LogP contribution < -0.4 is 0 Å². The van der Waals surface area contributed by atoms with Crippen LogP contribution in [-0.4, -0.2) is 9.91 Å². The Morgan fingerprint density at radius 2 is 2.33 bits per heavy atom.